The molecule has 2 rings (SSSR count). The van der Waals surface area contributed by atoms with Crippen LogP contribution in [0.1, 0.15) is 5.56 Å². The van der Waals surface area contributed by atoms with E-state index in [9.17, 15) is 0 Å². The highest BCUT2D eigenvalue weighted by molar-refractivity contribution is 5.54. The Labute approximate surface area is 115 Å². The van der Waals surface area contributed by atoms with E-state index in [4.69, 9.17) is 25.1 Å². The normalized spacial score (nSPS) is 10.2. The Bertz CT molecular complexity index is 604. The van der Waals surface area contributed by atoms with Gasteiger partial charge in [0.25, 0.3) is 5.88 Å². The molecule has 1 aromatic heterocycles. The second-order valence-corrected chi connectivity index (χ2v) is 3.84. The highest BCUT2D eigenvalue weighted by atomic mass is 16.5. The fourth-order valence-corrected chi connectivity index (χ4v) is 1.63. The third-order valence-electron chi connectivity index (χ3n) is 2.62. The monoisotopic (exact) mass is 277 g/mol. The van der Waals surface area contributed by atoms with Crippen molar-refractivity contribution in [3.8, 4) is 23.1 Å². The highest BCUT2D eigenvalue weighted by Crippen LogP contribution is 2.37. The van der Waals surface area contributed by atoms with Crippen molar-refractivity contribution in [3.63, 3.8) is 0 Å². The molecule has 0 saturated heterocycles. The van der Waals surface area contributed by atoms with E-state index in [0.717, 1.165) is 0 Å². The molecular formula is C13H15N3O4. The maximum absolute atomic E-state index is 9.10. The molecule has 1 heterocycles. The van der Waals surface area contributed by atoms with Crippen molar-refractivity contribution in [2.24, 2.45) is 0 Å². The number of hydrogen-bond acceptors (Lipinski definition) is 7. The summed E-state index contributed by atoms with van der Waals surface area (Å²) in [7, 11) is 2.96. The predicted octanol–water partition coefficient (Wildman–Crippen LogP) is 1.36. The number of ether oxygens (including phenoxy) is 3. The lowest BCUT2D eigenvalue weighted by Gasteiger charge is -2.13. The van der Waals surface area contributed by atoms with Gasteiger partial charge in [-0.3, -0.25) is 0 Å². The number of hydrogen-bond donors (Lipinski definition) is 2. The summed E-state index contributed by atoms with van der Waals surface area (Å²) in [6.07, 6.45) is 1.28. The molecule has 0 fully saturated rings. The zero-order valence-electron chi connectivity index (χ0n) is 11.2. The third kappa shape index (κ3) is 2.72. The van der Waals surface area contributed by atoms with Crippen LogP contribution in [0.4, 0.5) is 5.82 Å². The van der Waals surface area contributed by atoms with Crippen molar-refractivity contribution < 1.29 is 19.3 Å². The average molecular weight is 277 g/mol. The van der Waals surface area contributed by atoms with Crippen LogP contribution in [0.25, 0.3) is 0 Å². The number of aromatic nitrogens is 2. The van der Waals surface area contributed by atoms with E-state index in [-0.39, 0.29) is 24.1 Å². The van der Waals surface area contributed by atoms with Gasteiger partial charge in [-0.05, 0) is 17.7 Å². The van der Waals surface area contributed by atoms with E-state index >= 15 is 0 Å². The standard InChI is InChI=1S/C13H15N3O4/c1-18-10-5-8(6-17)3-4-9(10)20-13-11(19-2)12(14)15-7-16-13/h3-5,7,17H,6H2,1-2H3,(H2,14,15,16). The number of aliphatic hydroxyl groups excluding tert-OH is 1. The Hall–Kier alpha value is -2.54. The molecule has 106 valence electrons. The third-order valence-corrected chi connectivity index (χ3v) is 2.62. The van der Waals surface area contributed by atoms with Crippen LogP contribution in [0.15, 0.2) is 24.5 Å². The highest BCUT2D eigenvalue weighted by Gasteiger charge is 2.14. The first kappa shape index (κ1) is 13.9. The Morgan fingerprint density at radius 3 is 2.60 bits per heavy atom. The van der Waals surface area contributed by atoms with Crippen LogP contribution in [0.2, 0.25) is 0 Å². The number of rotatable bonds is 5. The summed E-state index contributed by atoms with van der Waals surface area (Å²) >= 11 is 0. The van der Waals surface area contributed by atoms with E-state index in [1.54, 1.807) is 18.2 Å². The van der Waals surface area contributed by atoms with Crippen molar-refractivity contribution >= 4 is 5.82 Å². The van der Waals surface area contributed by atoms with Crippen LogP contribution >= 0.6 is 0 Å². The van der Waals surface area contributed by atoms with Crippen LogP contribution in [0, 0.1) is 0 Å². The molecule has 20 heavy (non-hydrogen) atoms. The molecule has 7 heteroatoms. The maximum atomic E-state index is 9.10. The molecule has 0 bridgehead atoms. The molecule has 0 spiro atoms. The maximum Gasteiger partial charge on any atom is 0.268 e. The minimum atomic E-state index is -0.0829. The van der Waals surface area contributed by atoms with Gasteiger partial charge in [0.1, 0.15) is 6.33 Å². The molecule has 7 nitrogen and oxygen atoms in total. The summed E-state index contributed by atoms with van der Waals surface area (Å²) in [5.74, 6) is 1.52. The van der Waals surface area contributed by atoms with Crippen LogP contribution < -0.4 is 19.9 Å². The minimum absolute atomic E-state index is 0.0829. The van der Waals surface area contributed by atoms with Gasteiger partial charge >= 0.3 is 0 Å². The molecule has 0 radical (unpaired) electrons. The molecule has 1 aromatic carbocycles. The first-order chi connectivity index (χ1) is 9.69. The van der Waals surface area contributed by atoms with Crippen LogP contribution in [0.3, 0.4) is 0 Å². The second-order valence-electron chi connectivity index (χ2n) is 3.84. The number of methoxy groups -OCH3 is 2. The van der Waals surface area contributed by atoms with Crippen LogP contribution in [-0.2, 0) is 6.61 Å². The van der Waals surface area contributed by atoms with Gasteiger partial charge in [0.2, 0.25) is 5.75 Å². The Kier molecular flexibility index (Phi) is 4.21. The van der Waals surface area contributed by atoms with Crippen molar-refractivity contribution in [2.45, 2.75) is 6.61 Å². The van der Waals surface area contributed by atoms with Crippen LogP contribution in [0.5, 0.6) is 23.1 Å². The van der Waals surface area contributed by atoms with Crippen molar-refractivity contribution in [2.75, 3.05) is 20.0 Å². The fraction of sp³-hybridized carbons (Fsp3) is 0.231. The van der Waals surface area contributed by atoms with Gasteiger partial charge in [0.05, 0.1) is 20.8 Å². The molecule has 0 unspecified atom stereocenters. The van der Waals surface area contributed by atoms with Crippen molar-refractivity contribution in [1.82, 2.24) is 9.97 Å². The number of benzene rings is 1. The Balaban J connectivity index is 2.37. The number of anilines is 1. The first-order valence-corrected chi connectivity index (χ1v) is 5.79. The first-order valence-electron chi connectivity index (χ1n) is 5.79. The molecule has 0 amide bonds. The Morgan fingerprint density at radius 1 is 1.15 bits per heavy atom. The summed E-state index contributed by atoms with van der Waals surface area (Å²) in [4.78, 5) is 7.80. The van der Waals surface area contributed by atoms with Crippen molar-refractivity contribution in [1.29, 1.82) is 0 Å². The van der Waals surface area contributed by atoms with Gasteiger partial charge in [0.15, 0.2) is 17.3 Å². The zero-order chi connectivity index (χ0) is 14.5. The molecule has 0 atom stereocenters. The van der Waals surface area contributed by atoms with E-state index in [1.807, 2.05) is 0 Å². The quantitative estimate of drug-likeness (QED) is 0.851. The lowest BCUT2D eigenvalue weighted by molar-refractivity contribution is 0.280. The molecule has 0 aliphatic heterocycles. The summed E-state index contributed by atoms with van der Waals surface area (Å²) < 4.78 is 16.0. The Morgan fingerprint density at radius 2 is 1.95 bits per heavy atom. The summed E-state index contributed by atoms with van der Waals surface area (Å²) in [6.45, 7) is -0.0829. The smallest absolute Gasteiger partial charge is 0.268 e. The lowest BCUT2D eigenvalue weighted by Crippen LogP contribution is -2.01. The number of nitrogens with two attached hydrogens (primary N) is 1. The SMILES string of the molecule is COc1cc(CO)ccc1Oc1ncnc(N)c1OC. The molecule has 3 N–H and O–H groups in total. The summed E-state index contributed by atoms with van der Waals surface area (Å²) in [6, 6.07) is 5.06. The molecule has 0 aliphatic rings. The van der Waals surface area contributed by atoms with Crippen molar-refractivity contribution in [3.05, 3.63) is 30.1 Å². The van der Waals surface area contributed by atoms with Gasteiger partial charge < -0.3 is 25.1 Å². The largest absolute Gasteiger partial charge is 0.493 e. The van der Waals surface area contributed by atoms with Crippen LogP contribution in [-0.4, -0.2) is 29.3 Å². The van der Waals surface area contributed by atoms with Gasteiger partial charge in [0, 0.05) is 0 Å². The summed E-state index contributed by atoms with van der Waals surface area (Å²) in [5, 5.41) is 9.10. The zero-order valence-corrected chi connectivity index (χ0v) is 11.2. The van der Waals surface area contributed by atoms with Gasteiger partial charge in [-0.1, -0.05) is 6.07 Å². The molecule has 2 aromatic rings. The number of aliphatic hydroxyl groups is 1. The number of nitrogen functional groups attached to an aromatic ring is 1. The van der Waals surface area contributed by atoms with Gasteiger partial charge in [-0.15, -0.1) is 0 Å². The van der Waals surface area contributed by atoms with Gasteiger partial charge in [-0.25, -0.2) is 4.98 Å². The molecule has 0 saturated carbocycles. The van der Waals surface area contributed by atoms with E-state index in [0.29, 0.717) is 17.1 Å². The second kappa shape index (κ2) is 6.07. The average Bonchev–Trinajstić information content (AvgIpc) is 2.48. The minimum Gasteiger partial charge on any atom is -0.493 e. The van der Waals surface area contributed by atoms with E-state index < -0.39 is 0 Å². The summed E-state index contributed by atoms with van der Waals surface area (Å²) in [5.41, 5.74) is 6.39. The molecule has 0 aliphatic carbocycles. The predicted molar refractivity (Wildman–Crippen MR) is 72.0 cm³/mol. The van der Waals surface area contributed by atoms with E-state index in [1.165, 1.54) is 20.5 Å². The van der Waals surface area contributed by atoms with Gasteiger partial charge in [-0.2, -0.15) is 4.98 Å². The lowest BCUT2D eigenvalue weighted by atomic mass is 10.2. The fourth-order valence-electron chi connectivity index (χ4n) is 1.63. The number of nitrogens with zero attached hydrogens (tertiary/aromatic N) is 2. The topological polar surface area (TPSA) is 99.7 Å². The molecular weight excluding hydrogens is 262 g/mol. The van der Waals surface area contributed by atoms with E-state index in [2.05, 4.69) is 9.97 Å².